The Morgan fingerprint density at radius 1 is 1.44 bits per heavy atom. The van der Waals surface area contributed by atoms with Crippen LogP contribution in [0.15, 0.2) is 12.3 Å². The molecule has 0 unspecified atom stereocenters. The second-order valence-electron chi connectivity index (χ2n) is 5.45. The van der Waals surface area contributed by atoms with Crippen LogP contribution < -0.4 is 4.90 Å². The molecule has 1 aliphatic heterocycles. The fraction of sp³-hybridized carbons (Fsp3) is 0.538. The number of hydrogen-bond donors (Lipinski definition) is 1. The third-order valence-electron chi connectivity index (χ3n) is 3.52. The number of aromatic carboxylic acids is 1. The second-order valence-corrected chi connectivity index (χ2v) is 5.83. The molecule has 4 nitrogen and oxygen atoms in total. The van der Waals surface area contributed by atoms with Gasteiger partial charge in [0.1, 0.15) is 5.82 Å². The summed E-state index contributed by atoms with van der Waals surface area (Å²) in [5.41, 5.74) is 0.458. The van der Waals surface area contributed by atoms with Gasteiger partial charge >= 0.3 is 5.97 Å². The summed E-state index contributed by atoms with van der Waals surface area (Å²) in [5.74, 6) is -0.423. The van der Waals surface area contributed by atoms with E-state index in [0.29, 0.717) is 11.2 Å². The predicted octanol–water partition coefficient (Wildman–Crippen LogP) is 3.06. The van der Waals surface area contributed by atoms with Crippen LogP contribution in [0, 0.1) is 5.41 Å². The number of nitrogens with zero attached hydrogens (tertiary/aromatic N) is 2. The normalized spacial score (nSPS) is 18.7. The summed E-state index contributed by atoms with van der Waals surface area (Å²) >= 11 is 6.12. The van der Waals surface area contributed by atoms with Crippen molar-refractivity contribution in [1.29, 1.82) is 0 Å². The SMILES string of the molecule is CC1(C)CCN(c2nccc(C(=O)O)c2Cl)CC1. The molecule has 18 heavy (non-hydrogen) atoms. The number of carboxylic acid groups (broad SMARTS) is 1. The number of carbonyl (C=O) groups is 1. The van der Waals surface area contributed by atoms with Crippen molar-refractivity contribution in [3.8, 4) is 0 Å². The van der Waals surface area contributed by atoms with E-state index in [1.807, 2.05) is 0 Å². The molecule has 0 amide bonds. The van der Waals surface area contributed by atoms with E-state index in [4.69, 9.17) is 16.7 Å². The Balaban J connectivity index is 2.25. The van der Waals surface area contributed by atoms with E-state index in [1.54, 1.807) is 0 Å². The standard InChI is InChI=1S/C13H17ClN2O2/c1-13(2)4-7-16(8-5-13)11-10(14)9(12(17)18)3-6-15-11/h3,6H,4-5,7-8H2,1-2H3,(H,17,18). The van der Waals surface area contributed by atoms with Crippen molar-refractivity contribution in [2.75, 3.05) is 18.0 Å². The molecule has 5 heteroatoms. The van der Waals surface area contributed by atoms with E-state index in [2.05, 4.69) is 23.7 Å². The topological polar surface area (TPSA) is 53.4 Å². The van der Waals surface area contributed by atoms with Gasteiger partial charge in [-0.25, -0.2) is 9.78 Å². The zero-order chi connectivity index (χ0) is 13.3. The molecule has 0 atom stereocenters. The van der Waals surface area contributed by atoms with E-state index in [0.717, 1.165) is 25.9 Å². The highest BCUT2D eigenvalue weighted by Gasteiger charge is 2.27. The van der Waals surface area contributed by atoms with Gasteiger partial charge < -0.3 is 10.0 Å². The van der Waals surface area contributed by atoms with Crippen LogP contribution in [0.5, 0.6) is 0 Å². The predicted molar refractivity (Wildman–Crippen MR) is 71.4 cm³/mol. The first-order chi connectivity index (χ1) is 8.41. The fourth-order valence-electron chi connectivity index (χ4n) is 2.14. The number of pyridine rings is 1. The third kappa shape index (κ3) is 2.58. The lowest BCUT2D eigenvalue weighted by molar-refractivity contribution is 0.0697. The van der Waals surface area contributed by atoms with Crippen molar-refractivity contribution in [2.24, 2.45) is 5.41 Å². The van der Waals surface area contributed by atoms with Gasteiger partial charge in [-0.3, -0.25) is 0 Å². The Kier molecular flexibility index (Phi) is 3.48. The van der Waals surface area contributed by atoms with Crippen LogP contribution in [-0.2, 0) is 0 Å². The van der Waals surface area contributed by atoms with Crippen LogP contribution in [0.25, 0.3) is 0 Å². The number of halogens is 1. The third-order valence-corrected chi connectivity index (χ3v) is 3.89. The molecule has 1 saturated heterocycles. The van der Waals surface area contributed by atoms with Gasteiger partial charge in [-0.1, -0.05) is 25.4 Å². The monoisotopic (exact) mass is 268 g/mol. The second kappa shape index (κ2) is 4.76. The van der Waals surface area contributed by atoms with E-state index in [-0.39, 0.29) is 10.6 Å². The number of aromatic nitrogens is 1. The van der Waals surface area contributed by atoms with E-state index in [1.165, 1.54) is 12.3 Å². The molecule has 0 saturated carbocycles. The zero-order valence-electron chi connectivity index (χ0n) is 10.6. The first kappa shape index (κ1) is 13.1. The molecular weight excluding hydrogens is 252 g/mol. The van der Waals surface area contributed by atoms with E-state index in [9.17, 15) is 4.79 Å². The molecule has 2 rings (SSSR count). The Hall–Kier alpha value is -1.29. The van der Waals surface area contributed by atoms with Gasteiger partial charge in [-0.15, -0.1) is 0 Å². The van der Waals surface area contributed by atoms with Crippen molar-refractivity contribution in [3.05, 3.63) is 22.8 Å². The Morgan fingerprint density at radius 3 is 2.61 bits per heavy atom. The van der Waals surface area contributed by atoms with Gasteiger partial charge in [0, 0.05) is 19.3 Å². The molecule has 0 bridgehead atoms. The molecule has 1 aliphatic rings. The Labute approximate surface area is 112 Å². The summed E-state index contributed by atoms with van der Waals surface area (Å²) in [7, 11) is 0. The van der Waals surface area contributed by atoms with Gasteiger partial charge in [-0.05, 0) is 24.3 Å². The van der Waals surface area contributed by atoms with E-state index >= 15 is 0 Å². The molecule has 2 heterocycles. The molecule has 1 fully saturated rings. The number of rotatable bonds is 2. The molecule has 98 valence electrons. The first-order valence-electron chi connectivity index (χ1n) is 6.03. The molecule has 1 N–H and O–H groups in total. The van der Waals surface area contributed by atoms with Crippen LogP contribution in [0.3, 0.4) is 0 Å². The minimum atomic E-state index is -1.01. The van der Waals surface area contributed by atoms with Gasteiger partial charge in [0.25, 0.3) is 0 Å². The molecule has 0 spiro atoms. The van der Waals surface area contributed by atoms with E-state index < -0.39 is 5.97 Å². The Morgan fingerprint density at radius 2 is 2.06 bits per heavy atom. The van der Waals surface area contributed by atoms with Crippen molar-refractivity contribution >= 4 is 23.4 Å². The fourth-order valence-corrected chi connectivity index (χ4v) is 2.45. The zero-order valence-corrected chi connectivity index (χ0v) is 11.4. The maximum Gasteiger partial charge on any atom is 0.337 e. The summed E-state index contributed by atoms with van der Waals surface area (Å²) in [6.07, 6.45) is 3.62. The van der Waals surface area contributed by atoms with Crippen LogP contribution >= 0.6 is 11.6 Å². The van der Waals surface area contributed by atoms with Gasteiger partial charge in [0.15, 0.2) is 0 Å². The largest absolute Gasteiger partial charge is 0.478 e. The van der Waals surface area contributed by atoms with Gasteiger partial charge in [0.05, 0.1) is 10.6 Å². The summed E-state index contributed by atoms with van der Waals surface area (Å²) in [5, 5.41) is 9.28. The van der Waals surface area contributed by atoms with Crippen molar-refractivity contribution in [1.82, 2.24) is 4.98 Å². The average molecular weight is 269 g/mol. The lowest BCUT2D eigenvalue weighted by Crippen LogP contribution is -2.38. The first-order valence-corrected chi connectivity index (χ1v) is 6.41. The summed E-state index contributed by atoms with van der Waals surface area (Å²) < 4.78 is 0. The van der Waals surface area contributed by atoms with Crippen LogP contribution in [-0.4, -0.2) is 29.1 Å². The molecular formula is C13H17ClN2O2. The maximum atomic E-state index is 11.0. The van der Waals surface area contributed by atoms with Gasteiger partial charge in [0.2, 0.25) is 0 Å². The number of carboxylic acids is 1. The highest BCUT2D eigenvalue weighted by Crippen LogP contribution is 2.34. The van der Waals surface area contributed by atoms with Crippen LogP contribution in [0.1, 0.15) is 37.0 Å². The molecule has 0 radical (unpaired) electrons. The molecule has 0 aromatic carbocycles. The smallest absolute Gasteiger partial charge is 0.337 e. The summed E-state index contributed by atoms with van der Waals surface area (Å²) in [6, 6.07) is 1.43. The van der Waals surface area contributed by atoms with Crippen molar-refractivity contribution in [3.63, 3.8) is 0 Å². The highest BCUT2D eigenvalue weighted by atomic mass is 35.5. The minimum absolute atomic E-state index is 0.117. The average Bonchev–Trinajstić information content (AvgIpc) is 2.29. The summed E-state index contributed by atoms with van der Waals surface area (Å²) in [6.45, 7) is 6.21. The maximum absolute atomic E-state index is 11.0. The lowest BCUT2D eigenvalue weighted by Gasteiger charge is -2.37. The molecule has 0 aliphatic carbocycles. The quantitative estimate of drug-likeness (QED) is 0.896. The number of anilines is 1. The van der Waals surface area contributed by atoms with Crippen LogP contribution in [0.2, 0.25) is 5.02 Å². The number of hydrogen-bond acceptors (Lipinski definition) is 3. The van der Waals surface area contributed by atoms with Crippen molar-refractivity contribution in [2.45, 2.75) is 26.7 Å². The van der Waals surface area contributed by atoms with Crippen LogP contribution in [0.4, 0.5) is 5.82 Å². The Bertz CT molecular complexity index is 464. The summed E-state index contributed by atoms with van der Waals surface area (Å²) in [4.78, 5) is 17.3. The minimum Gasteiger partial charge on any atom is -0.478 e. The molecule has 1 aromatic rings. The lowest BCUT2D eigenvalue weighted by atomic mass is 9.83. The number of piperidine rings is 1. The molecule has 1 aromatic heterocycles. The highest BCUT2D eigenvalue weighted by molar-refractivity contribution is 6.35. The van der Waals surface area contributed by atoms with Crippen molar-refractivity contribution < 1.29 is 9.90 Å². The van der Waals surface area contributed by atoms with Gasteiger partial charge in [-0.2, -0.15) is 0 Å².